The highest BCUT2D eigenvalue weighted by molar-refractivity contribution is 5.59. The number of nitrogens with zero attached hydrogens (tertiary/aromatic N) is 1. The van der Waals surface area contributed by atoms with Gasteiger partial charge in [-0.25, -0.2) is 0 Å². The number of anilines is 1. The van der Waals surface area contributed by atoms with Crippen LogP contribution in [0.25, 0.3) is 0 Å². The molecule has 1 aliphatic heterocycles. The molecule has 0 aliphatic carbocycles. The number of rotatable bonds is 2. The molecule has 1 atom stereocenters. The van der Waals surface area contributed by atoms with Crippen LogP contribution in [0.5, 0.6) is 0 Å². The standard InChI is InChI=1S/C13H20N2O/c1-10-4-3-5-11(2)13(10)15-6-7-16-12(8-14)9-15/h3-5,12H,6-9,14H2,1-2H3. The number of para-hydroxylation sites is 1. The van der Waals surface area contributed by atoms with E-state index in [0.29, 0.717) is 6.54 Å². The molecular weight excluding hydrogens is 200 g/mol. The van der Waals surface area contributed by atoms with Gasteiger partial charge in [0.15, 0.2) is 0 Å². The first kappa shape index (κ1) is 11.4. The first-order chi connectivity index (χ1) is 7.72. The van der Waals surface area contributed by atoms with Gasteiger partial charge in [-0.15, -0.1) is 0 Å². The van der Waals surface area contributed by atoms with Crippen molar-refractivity contribution in [2.24, 2.45) is 5.73 Å². The van der Waals surface area contributed by atoms with Gasteiger partial charge >= 0.3 is 0 Å². The zero-order chi connectivity index (χ0) is 11.5. The number of hydrogen-bond acceptors (Lipinski definition) is 3. The van der Waals surface area contributed by atoms with Crippen molar-refractivity contribution in [3.8, 4) is 0 Å². The van der Waals surface area contributed by atoms with Gasteiger partial charge in [-0.05, 0) is 25.0 Å². The van der Waals surface area contributed by atoms with Crippen LogP contribution in [-0.4, -0.2) is 32.3 Å². The van der Waals surface area contributed by atoms with Gasteiger partial charge in [-0.2, -0.15) is 0 Å². The third kappa shape index (κ3) is 2.20. The first-order valence-corrected chi connectivity index (χ1v) is 5.85. The Morgan fingerprint density at radius 1 is 1.38 bits per heavy atom. The molecule has 1 aromatic carbocycles. The van der Waals surface area contributed by atoms with Crippen molar-refractivity contribution in [1.82, 2.24) is 0 Å². The predicted octanol–water partition coefficient (Wildman–Crippen LogP) is 1.47. The second-order valence-corrected chi connectivity index (χ2v) is 4.41. The minimum Gasteiger partial charge on any atom is -0.373 e. The fourth-order valence-corrected chi connectivity index (χ4v) is 2.37. The van der Waals surface area contributed by atoms with Gasteiger partial charge in [0.25, 0.3) is 0 Å². The molecule has 16 heavy (non-hydrogen) atoms. The van der Waals surface area contributed by atoms with Gasteiger partial charge in [-0.3, -0.25) is 0 Å². The third-order valence-electron chi connectivity index (χ3n) is 3.16. The average molecular weight is 220 g/mol. The second-order valence-electron chi connectivity index (χ2n) is 4.41. The predicted molar refractivity (Wildman–Crippen MR) is 66.9 cm³/mol. The summed E-state index contributed by atoms with van der Waals surface area (Å²) in [4.78, 5) is 2.39. The van der Waals surface area contributed by atoms with Crippen molar-refractivity contribution >= 4 is 5.69 Å². The van der Waals surface area contributed by atoms with Crippen LogP contribution in [0.1, 0.15) is 11.1 Å². The summed E-state index contributed by atoms with van der Waals surface area (Å²) in [5, 5.41) is 0. The third-order valence-corrected chi connectivity index (χ3v) is 3.16. The number of benzene rings is 1. The molecule has 2 N–H and O–H groups in total. The van der Waals surface area contributed by atoms with Gasteiger partial charge in [0.05, 0.1) is 12.7 Å². The Morgan fingerprint density at radius 2 is 2.06 bits per heavy atom. The quantitative estimate of drug-likeness (QED) is 0.820. The molecule has 0 spiro atoms. The van der Waals surface area contributed by atoms with Crippen LogP contribution >= 0.6 is 0 Å². The molecule has 3 heteroatoms. The lowest BCUT2D eigenvalue weighted by atomic mass is 10.1. The van der Waals surface area contributed by atoms with Gasteiger partial charge in [-0.1, -0.05) is 18.2 Å². The van der Waals surface area contributed by atoms with E-state index < -0.39 is 0 Å². The summed E-state index contributed by atoms with van der Waals surface area (Å²) < 4.78 is 5.59. The number of nitrogens with two attached hydrogens (primary N) is 1. The van der Waals surface area contributed by atoms with Crippen molar-refractivity contribution in [3.63, 3.8) is 0 Å². The minimum absolute atomic E-state index is 0.174. The molecule has 2 rings (SSSR count). The Bertz CT molecular complexity index is 345. The molecule has 0 aromatic heterocycles. The van der Waals surface area contributed by atoms with E-state index in [0.717, 1.165) is 19.7 Å². The van der Waals surface area contributed by atoms with Crippen LogP contribution in [0, 0.1) is 13.8 Å². The Hall–Kier alpha value is -1.06. The van der Waals surface area contributed by atoms with Crippen LogP contribution in [0.2, 0.25) is 0 Å². The number of aryl methyl sites for hydroxylation is 2. The van der Waals surface area contributed by atoms with Crippen molar-refractivity contribution < 1.29 is 4.74 Å². The van der Waals surface area contributed by atoms with Crippen LogP contribution in [0.4, 0.5) is 5.69 Å². The van der Waals surface area contributed by atoms with Crippen molar-refractivity contribution in [2.75, 3.05) is 31.1 Å². The normalized spacial score (nSPS) is 21.2. The summed E-state index contributed by atoms with van der Waals surface area (Å²) in [7, 11) is 0. The lowest BCUT2D eigenvalue weighted by Gasteiger charge is -2.35. The molecular formula is C13H20N2O. The van der Waals surface area contributed by atoms with Crippen molar-refractivity contribution in [1.29, 1.82) is 0 Å². The van der Waals surface area contributed by atoms with Gasteiger partial charge in [0.1, 0.15) is 0 Å². The highest BCUT2D eigenvalue weighted by atomic mass is 16.5. The Labute approximate surface area is 97.2 Å². The van der Waals surface area contributed by atoms with Crippen LogP contribution in [-0.2, 0) is 4.74 Å². The summed E-state index contributed by atoms with van der Waals surface area (Å²) in [5.74, 6) is 0. The van der Waals surface area contributed by atoms with Gasteiger partial charge in [0.2, 0.25) is 0 Å². The van der Waals surface area contributed by atoms with Crippen LogP contribution < -0.4 is 10.6 Å². The summed E-state index contributed by atoms with van der Waals surface area (Å²) in [6.45, 7) is 7.56. The lowest BCUT2D eigenvalue weighted by Crippen LogP contribution is -2.46. The summed E-state index contributed by atoms with van der Waals surface area (Å²) >= 11 is 0. The van der Waals surface area contributed by atoms with Gasteiger partial charge < -0.3 is 15.4 Å². The largest absolute Gasteiger partial charge is 0.373 e. The SMILES string of the molecule is Cc1cccc(C)c1N1CCOC(CN)C1. The molecule has 3 nitrogen and oxygen atoms in total. The average Bonchev–Trinajstić information content (AvgIpc) is 2.29. The summed E-state index contributed by atoms with van der Waals surface area (Å²) in [6, 6.07) is 6.43. The monoisotopic (exact) mass is 220 g/mol. The molecule has 0 amide bonds. The maximum absolute atomic E-state index is 5.67. The Balaban J connectivity index is 2.23. The Kier molecular flexibility index (Phi) is 3.46. The lowest BCUT2D eigenvalue weighted by molar-refractivity contribution is 0.0465. The zero-order valence-electron chi connectivity index (χ0n) is 10.1. The first-order valence-electron chi connectivity index (χ1n) is 5.85. The molecule has 1 saturated heterocycles. The number of ether oxygens (including phenoxy) is 1. The maximum Gasteiger partial charge on any atom is 0.0872 e. The molecule has 88 valence electrons. The maximum atomic E-state index is 5.67. The molecule has 1 fully saturated rings. The topological polar surface area (TPSA) is 38.5 Å². The van der Waals surface area contributed by atoms with Crippen molar-refractivity contribution in [2.45, 2.75) is 20.0 Å². The molecule has 1 aliphatic rings. The smallest absolute Gasteiger partial charge is 0.0872 e. The summed E-state index contributed by atoms with van der Waals surface area (Å²) in [6.07, 6.45) is 0.174. The van der Waals surface area contributed by atoms with Crippen LogP contribution in [0.3, 0.4) is 0 Å². The van der Waals surface area contributed by atoms with E-state index in [2.05, 4.69) is 36.9 Å². The van der Waals surface area contributed by atoms with E-state index in [1.54, 1.807) is 0 Å². The van der Waals surface area contributed by atoms with E-state index in [1.807, 2.05) is 0 Å². The molecule has 0 radical (unpaired) electrons. The molecule has 1 unspecified atom stereocenters. The van der Waals surface area contributed by atoms with E-state index in [9.17, 15) is 0 Å². The van der Waals surface area contributed by atoms with E-state index >= 15 is 0 Å². The fourth-order valence-electron chi connectivity index (χ4n) is 2.37. The van der Waals surface area contributed by atoms with Gasteiger partial charge in [0, 0.05) is 25.3 Å². The van der Waals surface area contributed by atoms with Crippen molar-refractivity contribution in [3.05, 3.63) is 29.3 Å². The molecule has 0 saturated carbocycles. The Morgan fingerprint density at radius 3 is 2.69 bits per heavy atom. The van der Waals surface area contributed by atoms with Crippen LogP contribution in [0.15, 0.2) is 18.2 Å². The van der Waals surface area contributed by atoms with E-state index in [1.165, 1.54) is 16.8 Å². The molecule has 0 bridgehead atoms. The van der Waals surface area contributed by atoms with E-state index in [-0.39, 0.29) is 6.10 Å². The molecule has 1 heterocycles. The molecule has 1 aromatic rings. The highest BCUT2D eigenvalue weighted by Gasteiger charge is 2.21. The fraction of sp³-hybridized carbons (Fsp3) is 0.538. The minimum atomic E-state index is 0.174. The second kappa shape index (κ2) is 4.85. The zero-order valence-corrected chi connectivity index (χ0v) is 10.1. The highest BCUT2D eigenvalue weighted by Crippen LogP contribution is 2.26. The summed E-state index contributed by atoms with van der Waals surface area (Å²) in [5.41, 5.74) is 9.68. The van der Waals surface area contributed by atoms with E-state index in [4.69, 9.17) is 10.5 Å². The number of hydrogen-bond donors (Lipinski definition) is 1. The number of morpholine rings is 1.